The molecule has 0 heterocycles. The molecule has 0 spiro atoms. The largest absolute Gasteiger partial charge is 0.461 e. The average Bonchev–Trinajstić information content (AvgIpc) is 2.14. The molecule has 0 unspecified atom stereocenters. The summed E-state index contributed by atoms with van der Waals surface area (Å²) >= 11 is 0. The van der Waals surface area contributed by atoms with Gasteiger partial charge in [0.25, 0.3) is 0 Å². The lowest BCUT2D eigenvalue weighted by molar-refractivity contribution is -0.137. The standard InChI is InChI=1S/C9H18O4Si/c1-5-12-14(13-6-2)7-11-9(10)8(3)4/h14H,3,5-7H2,1-2,4H3. The van der Waals surface area contributed by atoms with Gasteiger partial charge in [0.2, 0.25) is 0 Å². The summed E-state index contributed by atoms with van der Waals surface area (Å²) in [5.41, 5.74) is 0.394. The molecule has 0 aliphatic rings. The summed E-state index contributed by atoms with van der Waals surface area (Å²) in [6.07, 6.45) is 0.243. The van der Waals surface area contributed by atoms with E-state index in [1.54, 1.807) is 6.92 Å². The molecule has 0 aromatic heterocycles. The molecule has 0 amide bonds. The third-order valence-electron chi connectivity index (χ3n) is 1.40. The van der Waals surface area contributed by atoms with Crippen molar-refractivity contribution in [1.29, 1.82) is 0 Å². The third kappa shape index (κ3) is 5.90. The zero-order valence-corrected chi connectivity index (χ0v) is 10.2. The Morgan fingerprint density at radius 1 is 1.29 bits per heavy atom. The summed E-state index contributed by atoms with van der Waals surface area (Å²) in [7, 11) is -1.82. The molecular weight excluding hydrogens is 200 g/mol. The highest BCUT2D eigenvalue weighted by Gasteiger charge is 2.15. The summed E-state index contributed by atoms with van der Waals surface area (Å²) in [5.74, 6) is -0.387. The van der Waals surface area contributed by atoms with Crippen LogP contribution in [0.4, 0.5) is 0 Å². The highest BCUT2D eigenvalue weighted by atomic mass is 28.3. The van der Waals surface area contributed by atoms with Crippen LogP contribution in [0, 0.1) is 0 Å². The van der Waals surface area contributed by atoms with Crippen molar-refractivity contribution in [3.63, 3.8) is 0 Å². The fourth-order valence-electron chi connectivity index (χ4n) is 0.783. The van der Waals surface area contributed by atoms with Crippen LogP contribution in [0.2, 0.25) is 0 Å². The van der Waals surface area contributed by atoms with Gasteiger partial charge in [-0.25, -0.2) is 4.79 Å². The monoisotopic (exact) mass is 218 g/mol. The average molecular weight is 218 g/mol. The molecule has 0 rings (SSSR count). The molecule has 0 atom stereocenters. The Morgan fingerprint density at radius 3 is 2.14 bits per heavy atom. The van der Waals surface area contributed by atoms with Crippen molar-refractivity contribution < 1.29 is 18.4 Å². The quantitative estimate of drug-likeness (QED) is 0.362. The summed E-state index contributed by atoms with van der Waals surface area (Å²) in [4.78, 5) is 11.0. The Hall–Kier alpha value is -0.653. The molecule has 14 heavy (non-hydrogen) atoms. The Balaban J connectivity index is 3.80. The first-order valence-corrected chi connectivity index (χ1v) is 6.43. The fraction of sp³-hybridized carbons (Fsp3) is 0.667. The van der Waals surface area contributed by atoms with Gasteiger partial charge < -0.3 is 13.6 Å². The fourth-order valence-corrected chi connectivity index (χ4v) is 2.10. The molecule has 0 saturated heterocycles. The molecule has 0 saturated carbocycles. The Morgan fingerprint density at radius 2 is 1.79 bits per heavy atom. The lowest BCUT2D eigenvalue weighted by Gasteiger charge is -2.14. The van der Waals surface area contributed by atoms with Gasteiger partial charge in [-0.1, -0.05) is 6.58 Å². The summed E-state index contributed by atoms with van der Waals surface area (Å²) in [6, 6.07) is 0. The van der Waals surface area contributed by atoms with E-state index in [2.05, 4.69) is 6.58 Å². The first-order valence-electron chi connectivity index (χ1n) is 4.67. The normalized spacial score (nSPS) is 10.3. The maximum atomic E-state index is 11.0. The molecule has 5 heteroatoms. The topological polar surface area (TPSA) is 44.8 Å². The maximum Gasteiger partial charge on any atom is 0.360 e. The van der Waals surface area contributed by atoms with Crippen LogP contribution in [0.25, 0.3) is 0 Å². The molecule has 0 bridgehead atoms. The lowest BCUT2D eigenvalue weighted by atomic mass is 10.4. The first-order chi connectivity index (χ1) is 6.61. The van der Waals surface area contributed by atoms with E-state index in [1.165, 1.54) is 0 Å². The predicted octanol–water partition coefficient (Wildman–Crippen LogP) is 0.938. The van der Waals surface area contributed by atoms with Crippen LogP contribution < -0.4 is 0 Å². The van der Waals surface area contributed by atoms with Gasteiger partial charge in [-0.3, -0.25) is 0 Å². The Kier molecular flexibility index (Phi) is 7.36. The van der Waals surface area contributed by atoms with Gasteiger partial charge >= 0.3 is 15.3 Å². The van der Waals surface area contributed by atoms with Crippen LogP contribution in [0.3, 0.4) is 0 Å². The first kappa shape index (κ1) is 13.3. The molecule has 0 fully saturated rings. The molecule has 0 radical (unpaired) electrons. The molecular formula is C9H18O4Si. The van der Waals surface area contributed by atoms with E-state index in [9.17, 15) is 4.79 Å². The van der Waals surface area contributed by atoms with Crippen molar-refractivity contribution in [3.8, 4) is 0 Å². The lowest BCUT2D eigenvalue weighted by Crippen LogP contribution is -2.30. The Labute approximate surface area is 86.7 Å². The van der Waals surface area contributed by atoms with Crippen molar-refractivity contribution >= 4 is 15.3 Å². The zero-order valence-electron chi connectivity index (χ0n) is 9.04. The number of carbonyl (C=O) groups is 1. The number of hydrogen-bond acceptors (Lipinski definition) is 4. The van der Waals surface area contributed by atoms with Gasteiger partial charge in [0, 0.05) is 18.8 Å². The highest BCUT2D eigenvalue weighted by molar-refractivity contribution is 6.44. The van der Waals surface area contributed by atoms with Crippen molar-refractivity contribution in [2.24, 2.45) is 0 Å². The Bertz CT molecular complexity index is 187. The molecule has 0 aliphatic heterocycles. The van der Waals surface area contributed by atoms with Gasteiger partial charge in [0.05, 0.1) is 0 Å². The summed E-state index contributed by atoms with van der Waals surface area (Å²) in [5, 5.41) is 0. The summed E-state index contributed by atoms with van der Waals surface area (Å²) < 4.78 is 15.6. The van der Waals surface area contributed by atoms with Crippen LogP contribution in [0.5, 0.6) is 0 Å². The van der Waals surface area contributed by atoms with Crippen molar-refractivity contribution in [2.75, 3.05) is 19.4 Å². The molecule has 0 aromatic rings. The van der Waals surface area contributed by atoms with E-state index < -0.39 is 9.28 Å². The molecule has 0 N–H and O–H groups in total. The maximum absolute atomic E-state index is 11.0. The van der Waals surface area contributed by atoms with E-state index >= 15 is 0 Å². The van der Waals surface area contributed by atoms with Crippen molar-refractivity contribution in [2.45, 2.75) is 20.8 Å². The van der Waals surface area contributed by atoms with Crippen LogP contribution in [0.1, 0.15) is 20.8 Å². The van der Waals surface area contributed by atoms with Crippen LogP contribution in [-0.4, -0.2) is 34.7 Å². The van der Waals surface area contributed by atoms with E-state index in [0.717, 1.165) is 0 Å². The molecule has 0 aromatic carbocycles. The van der Waals surface area contributed by atoms with E-state index in [-0.39, 0.29) is 12.2 Å². The SMILES string of the molecule is C=C(C)C(=O)OC[SiH](OCC)OCC. The second-order valence-electron chi connectivity index (χ2n) is 2.72. The van der Waals surface area contributed by atoms with Crippen LogP contribution in [0.15, 0.2) is 12.2 Å². The second kappa shape index (κ2) is 7.72. The number of ether oxygens (including phenoxy) is 1. The van der Waals surface area contributed by atoms with Crippen LogP contribution >= 0.6 is 0 Å². The van der Waals surface area contributed by atoms with Crippen LogP contribution in [-0.2, 0) is 18.4 Å². The number of carbonyl (C=O) groups excluding carboxylic acids is 1. The number of rotatable bonds is 7. The van der Waals surface area contributed by atoms with Crippen molar-refractivity contribution in [1.82, 2.24) is 0 Å². The third-order valence-corrected chi connectivity index (χ3v) is 3.25. The van der Waals surface area contributed by atoms with E-state index in [1.807, 2.05) is 13.8 Å². The molecule has 82 valence electrons. The highest BCUT2D eigenvalue weighted by Crippen LogP contribution is 1.96. The smallest absolute Gasteiger partial charge is 0.360 e. The van der Waals surface area contributed by atoms with Gasteiger partial charge in [-0.05, 0) is 20.8 Å². The van der Waals surface area contributed by atoms with Gasteiger partial charge in [-0.15, -0.1) is 0 Å². The van der Waals surface area contributed by atoms with Gasteiger partial charge in [0.1, 0.15) is 6.23 Å². The van der Waals surface area contributed by atoms with E-state index in [0.29, 0.717) is 18.8 Å². The predicted molar refractivity (Wildman–Crippen MR) is 56.2 cm³/mol. The molecule has 4 nitrogen and oxygen atoms in total. The second-order valence-corrected chi connectivity index (χ2v) is 4.58. The molecule has 0 aliphatic carbocycles. The zero-order chi connectivity index (χ0) is 11.0. The minimum Gasteiger partial charge on any atom is -0.461 e. The van der Waals surface area contributed by atoms with Crippen molar-refractivity contribution in [3.05, 3.63) is 12.2 Å². The van der Waals surface area contributed by atoms with Gasteiger partial charge in [0.15, 0.2) is 0 Å². The minimum atomic E-state index is -1.82. The number of hydrogen-bond donors (Lipinski definition) is 0. The minimum absolute atomic E-state index is 0.243. The number of esters is 1. The summed E-state index contributed by atoms with van der Waals surface area (Å²) in [6.45, 7) is 10.0. The van der Waals surface area contributed by atoms with Gasteiger partial charge in [-0.2, -0.15) is 0 Å². The van der Waals surface area contributed by atoms with E-state index in [4.69, 9.17) is 13.6 Å².